The molecule has 0 fully saturated rings. The quantitative estimate of drug-likeness (QED) is 0.285. The van der Waals surface area contributed by atoms with Gasteiger partial charge in [-0.1, -0.05) is 36.4 Å². The average molecular weight is 542 g/mol. The maximum Gasteiger partial charge on any atom is 0.264 e. The topological polar surface area (TPSA) is 79.0 Å². The van der Waals surface area contributed by atoms with Crippen LogP contribution >= 0.6 is 0 Å². The summed E-state index contributed by atoms with van der Waals surface area (Å²) in [4.78, 5) is 15.6. The second-order valence-corrected chi connectivity index (χ2v) is 11.5. The van der Waals surface area contributed by atoms with Crippen molar-refractivity contribution in [3.63, 3.8) is 0 Å². The fourth-order valence-corrected chi connectivity index (χ4v) is 6.48. The van der Waals surface area contributed by atoms with Gasteiger partial charge in [0.2, 0.25) is 0 Å². The number of nitrogens with one attached hydrogen (secondary N) is 1. The lowest BCUT2D eigenvalue weighted by atomic mass is 10.1. The number of fused-ring (bicyclic) bond motifs is 1. The molecule has 0 saturated carbocycles. The van der Waals surface area contributed by atoms with Crippen molar-refractivity contribution >= 4 is 38.7 Å². The highest BCUT2D eigenvalue weighted by molar-refractivity contribution is 7.92. The van der Waals surface area contributed by atoms with Crippen molar-refractivity contribution in [2.75, 3.05) is 28.2 Å². The summed E-state index contributed by atoms with van der Waals surface area (Å²) in [6, 6.07) is 29.7. The number of carbonyl (C=O) groups excluding carboxylic acids is 1. The Bertz CT molecular complexity index is 1590. The summed E-state index contributed by atoms with van der Waals surface area (Å²) in [5.41, 5.74) is 4.45. The molecule has 0 spiro atoms. The van der Waals surface area contributed by atoms with Crippen molar-refractivity contribution < 1.29 is 17.9 Å². The van der Waals surface area contributed by atoms with E-state index in [9.17, 15) is 13.2 Å². The molecule has 0 bridgehead atoms. The van der Waals surface area contributed by atoms with E-state index < -0.39 is 15.9 Å². The van der Waals surface area contributed by atoms with Crippen molar-refractivity contribution in [3.8, 4) is 5.75 Å². The molecule has 1 aliphatic rings. The van der Waals surface area contributed by atoms with Crippen molar-refractivity contribution in [2.45, 2.75) is 31.2 Å². The highest BCUT2D eigenvalue weighted by atomic mass is 32.2. The summed E-state index contributed by atoms with van der Waals surface area (Å²) < 4.78 is 33.9. The van der Waals surface area contributed by atoms with Crippen molar-refractivity contribution in [1.82, 2.24) is 0 Å². The molecular formula is C31H31N3O4S. The van der Waals surface area contributed by atoms with E-state index in [1.807, 2.05) is 60.7 Å². The van der Waals surface area contributed by atoms with Gasteiger partial charge in [-0.2, -0.15) is 0 Å². The maximum absolute atomic E-state index is 13.6. The van der Waals surface area contributed by atoms with Gasteiger partial charge in [0.1, 0.15) is 5.75 Å². The van der Waals surface area contributed by atoms with Crippen LogP contribution in [0, 0.1) is 0 Å². The van der Waals surface area contributed by atoms with Crippen molar-refractivity contribution in [2.24, 2.45) is 0 Å². The van der Waals surface area contributed by atoms with Crippen LogP contribution in [0.15, 0.2) is 102 Å². The van der Waals surface area contributed by atoms with E-state index >= 15 is 0 Å². The first-order chi connectivity index (χ1) is 18.8. The van der Waals surface area contributed by atoms with Gasteiger partial charge in [0, 0.05) is 29.6 Å². The second kappa shape index (κ2) is 10.8. The lowest BCUT2D eigenvalue weighted by Crippen LogP contribution is -2.29. The highest BCUT2D eigenvalue weighted by Crippen LogP contribution is 2.34. The molecule has 39 heavy (non-hydrogen) atoms. The zero-order chi connectivity index (χ0) is 27.6. The van der Waals surface area contributed by atoms with Crippen LogP contribution in [0.25, 0.3) is 0 Å². The number of benzene rings is 4. The fraction of sp³-hybridized carbons (Fsp3) is 0.194. The summed E-state index contributed by atoms with van der Waals surface area (Å²) >= 11 is 0. The van der Waals surface area contributed by atoms with Gasteiger partial charge in [-0.25, -0.2) is 8.42 Å². The lowest BCUT2D eigenvalue weighted by Gasteiger charge is -2.29. The van der Waals surface area contributed by atoms with Gasteiger partial charge in [0.25, 0.3) is 15.9 Å². The zero-order valence-corrected chi connectivity index (χ0v) is 23.0. The van der Waals surface area contributed by atoms with E-state index in [2.05, 4.69) is 36.2 Å². The number of para-hydroxylation sites is 2. The number of amides is 1. The molecule has 0 aromatic heterocycles. The van der Waals surface area contributed by atoms with E-state index in [-0.39, 0.29) is 16.5 Å². The molecule has 0 aliphatic carbocycles. The molecule has 1 N–H and O–H groups in total. The lowest BCUT2D eigenvalue weighted by molar-refractivity contribution is 0.102. The molecule has 0 saturated heterocycles. The van der Waals surface area contributed by atoms with Crippen LogP contribution in [0.1, 0.15) is 29.8 Å². The predicted octanol–water partition coefficient (Wildman–Crippen LogP) is 6.25. The monoisotopic (exact) mass is 541 g/mol. The van der Waals surface area contributed by atoms with Gasteiger partial charge in [-0.05, 0) is 86.5 Å². The molecule has 8 heteroatoms. The Balaban J connectivity index is 1.39. The molecule has 5 rings (SSSR count). The number of rotatable bonds is 8. The van der Waals surface area contributed by atoms with Gasteiger partial charge in [-0.3, -0.25) is 9.10 Å². The van der Waals surface area contributed by atoms with Crippen LogP contribution in [0.2, 0.25) is 0 Å². The molecule has 0 atom stereocenters. The number of carbonyl (C=O) groups is 1. The van der Waals surface area contributed by atoms with Gasteiger partial charge in [0.05, 0.1) is 23.3 Å². The Morgan fingerprint density at radius 2 is 1.56 bits per heavy atom. The average Bonchev–Trinajstić information content (AvgIpc) is 3.39. The van der Waals surface area contributed by atoms with Crippen LogP contribution in [0.4, 0.5) is 22.7 Å². The summed E-state index contributed by atoms with van der Waals surface area (Å²) in [6.45, 7) is 4.60. The molecule has 1 amide bonds. The normalized spacial score (nSPS) is 12.8. The van der Waals surface area contributed by atoms with Crippen LogP contribution < -0.4 is 19.3 Å². The predicted molar refractivity (Wildman–Crippen MR) is 156 cm³/mol. The maximum atomic E-state index is 13.6. The van der Waals surface area contributed by atoms with Crippen LogP contribution in [0.5, 0.6) is 5.75 Å². The molecule has 1 aliphatic heterocycles. The molecule has 4 aromatic carbocycles. The Labute approximate surface area is 229 Å². The summed E-state index contributed by atoms with van der Waals surface area (Å²) in [6.07, 6.45) is 0.646. The minimum Gasteiger partial charge on any atom is -0.496 e. The first-order valence-corrected chi connectivity index (χ1v) is 14.3. The number of sulfonamides is 1. The molecule has 0 radical (unpaired) electrons. The van der Waals surface area contributed by atoms with Gasteiger partial charge in [-0.15, -0.1) is 0 Å². The summed E-state index contributed by atoms with van der Waals surface area (Å²) in [5.74, 6) is -0.165. The van der Waals surface area contributed by atoms with Gasteiger partial charge in [0.15, 0.2) is 0 Å². The van der Waals surface area contributed by atoms with E-state index in [0.717, 1.165) is 16.9 Å². The first kappa shape index (κ1) is 26.3. The van der Waals surface area contributed by atoms with Crippen molar-refractivity contribution in [3.05, 3.63) is 108 Å². The number of hydrogen-bond acceptors (Lipinski definition) is 5. The molecule has 200 valence electrons. The SMILES string of the molecule is COc1ccc(S(=O)(=O)N2CCc3ccccc32)cc1C(=O)Nc1ccc(N(c2ccccc2)C(C)C)cc1. The fourth-order valence-electron chi connectivity index (χ4n) is 4.95. The third-order valence-corrected chi connectivity index (χ3v) is 8.61. The molecular weight excluding hydrogens is 510 g/mol. The summed E-state index contributed by atoms with van der Waals surface area (Å²) in [5, 5.41) is 2.89. The first-order valence-electron chi connectivity index (χ1n) is 12.8. The van der Waals surface area contributed by atoms with E-state index in [1.54, 1.807) is 6.07 Å². The van der Waals surface area contributed by atoms with Crippen LogP contribution in [-0.4, -0.2) is 34.0 Å². The number of anilines is 4. The standard InChI is InChI=1S/C31H31N3O4S/c1-22(2)34(25-10-5-4-6-11-25)26-15-13-24(14-16-26)32-31(35)28-21-27(17-18-30(28)38-3)39(36,37)33-20-19-23-9-7-8-12-29(23)33/h4-18,21-22H,19-20H2,1-3H3,(H,32,35). The zero-order valence-electron chi connectivity index (χ0n) is 22.2. The molecule has 1 heterocycles. The van der Waals surface area contributed by atoms with Crippen LogP contribution in [0.3, 0.4) is 0 Å². The Kier molecular flexibility index (Phi) is 7.30. The van der Waals surface area contributed by atoms with Crippen molar-refractivity contribution in [1.29, 1.82) is 0 Å². The van der Waals surface area contributed by atoms with E-state index in [1.165, 1.54) is 29.6 Å². The summed E-state index contributed by atoms with van der Waals surface area (Å²) in [7, 11) is -2.41. The largest absolute Gasteiger partial charge is 0.496 e. The Morgan fingerprint density at radius 1 is 0.897 bits per heavy atom. The third kappa shape index (κ3) is 5.20. The van der Waals surface area contributed by atoms with Gasteiger partial charge >= 0.3 is 0 Å². The third-order valence-electron chi connectivity index (χ3n) is 6.80. The number of ether oxygens (including phenoxy) is 1. The van der Waals surface area contributed by atoms with E-state index in [0.29, 0.717) is 30.1 Å². The Hall–Kier alpha value is -4.30. The molecule has 0 unspecified atom stereocenters. The van der Waals surface area contributed by atoms with Gasteiger partial charge < -0.3 is 15.0 Å². The highest BCUT2D eigenvalue weighted by Gasteiger charge is 2.31. The number of nitrogens with zero attached hydrogens (tertiary/aromatic N) is 2. The molecule has 4 aromatic rings. The Morgan fingerprint density at radius 3 is 2.26 bits per heavy atom. The smallest absolute Gasteiger partial charge is 0.264 e. The minimum atomic E-state index is -3.86. The van der Waals surface area contributed by atoms with Crippen LogP contribution in [-0.2, 0) is 16.4 Å². The second-order valence-electron chi connectivity index (χ2n) is 9.62. The number of hydrogen-bond donors (Lipinski definition) is 1. The minimum absolute atomic E-state index is 0.0379. The number of methoxy groups -OCH3 is 1. The van der Waals surface area contributed by atoms with E-state index in [4.69, 9.17) is 4.74 Å². The molecule has 7 nitrogen and oxygen atoms in total.